The van der Waals surface area contributed by atoms with Crippen LogP contribution in [-0.2, 0) is 28.6 Å². The lowest BCUT2D eigenvalue weighted by Gasteiger charge is -2.08. The first kappa shape index (κ1) is 20.0. The van der Waals surface area contributed by atoms with Crippen LogP contribution in [0.2, 0.25) is 5.02 Å². The number of carbonyl (C=O) groups is 1. The average Bonchev–Trinajstić information content (AvgIpc) is 3.07. The zero-order valence-corrected chi connectivity index (χ0v) is 16.6. The predicted octanol–water partition coefficient (Wildman–Crippen LogP) is 3.45. The van der Waals surface area contributed by atoms with Gasteiger partial charge in [-0.2, -0.15) is 0 Å². The Balaban J connectivity index is 1.74. The summed E-state index contributed by atoms with van der Waals surface area (Å²) in [6.45, 7) is 4.14. The van der Waals surface area contributed by atoms with Crippen LogP contribution < -0.4 is 5.32 Å². The number of benzene rings is 2. The zero-order valence-electron chi connectivity index (χ0n) is 15.0. The summed E-state index contributed by atoms with van der Waals surface area (Å²) >= 11 is 5.92. The van der Waals surface area contributed by atoms with E-state index in [4.69, 9.17) is 11.6 Å². The van der Waals surface area contributed by atoms with Crippen molar-refractivity contribution in [2.75, 3.05) is 11.1 Å². The van der Waals surface area contributed by atoms with Gasteiger partial charge in [0.1, 0.15) is 22.4 Å². The monoisotopic (exact) mass is 414 g/mol. The fraction of sp³-hybridized carbons (Fsp3) is 0.150. The number of rotatable bonds is 8. The normalized spacial score (nSPS) is 11.8. The Hall–Kier alpha value is -2.77. The van der Waals surface area contributed by atoms with Crippen molar-refractivity contribution in [1.29, 1.82) is 0 Å². The van der Waals surface area contributed by atoms with Gasteiger partial charge in [0.05, 0.1) is 0 Å². The molecule has 28 heavy (non-hydrogen) atoms. The summed E-state index contributed by atoms with van der Waals surface area (Å²) in [5.74, 6) is 0.0939. The minimum absolute atomic E-state index is 0.203. The summed E-state index contributed by atoms with van der Waals surface area (Å²) in [5.41, 5.74) is 1.65. The number of carbonyl (C=O) groups excluding carboxylic acids is 1. The molecule has 0 fully saturated rings. The fourth-order valence-electron chi connectivity index (χ4n) is 2.62. The second kappa shape index (κ2) is 9.43. The summed E-state index contributed by atoms with van der Waals surface area (Å²) in [7, 11) is -1.63. The molecule has 0 bridgehead atoms. The van der Waals surface area contributed by atoms with Crippen molar-refractivity contribution in [3.63, 3.8) is 0 Å². The Bertz CT molecular complexity index is 987. The Morgan fingerprint density at radius 3 is 2.54 bits per heavy atom. The van der Waals surface area contributed by atoms with Crippen LogP contribution in [0.3, 0.4) is 0 Å². The van der Waals surface area contributed by atoms with Crippen molar-refractivity contribution >= 4 is 34.0 Å². The standard InChI is InChI=1S/C20H19ClN4O2S/c1-2-12-25-18(13-15-8-10-16(21)11-9-15)23-24-20(25)28(27)14-19(26)22-17-6-4-3-5-7-17/h2-11H,1,12-14H2,(H,22,26). The molecule has 144 valence electrons. The highest BCUT2D eigenvalue weighted by Crippen LogP contribution is 2.15. The summed E-state index contributed by atoms with van der Waals surface area (Å²) in [4.78, 5) is 12.2. The Labute approximate surface area is 170 Å². The first-order valence-corrected chi connectivity index (χ1v) is 10.3. The summed E-state index contributed by atoms with van der Waals surface area (Å²) in [6, 6.07) is 16.4. The second-order valence-corrected chi connectivity index (χ2v) is 7.79. The van der Waals surface area contributed by atoms with Gasteiger partial charge in [0.25, 0.3) is 0 Å². The Morgan fingerprint density at radius 2 is 1.86 bits per heavy atom. The molecule has 2 aromatic carbocycles. The molecule has 1 unspecified atom stereocenters. The van der Waals surface area contributed by atoms with E-state index < -0.39 is 10.8 Å². The number of allylic oxidation sites excluding steroid dienone is 1. The number of nitrogens with one attached hydrogen (secondary N) is 1. The molecule has 1 heterocycles. The lowest BCUT2D eigenvalue weighted by atomic mass is 10.1. The number of aromatic nitrogens is 3. The third-order valence-corrected chi connectivity index (χ3v) is 5.39. The molecule has 1 atom stereocenters. The van der Waals surface area contributed by atoms with Crippen LogP contribution in [0.4, 0.5) is 5.69 Å². The highest BCUT2D eigenvalue weighted by molar-refractivity contribution is 7.85. The highest BCUT2D eigenvalue weighted by Gasteiger charge is 2.19. The summed E-state index contributed by atoms with van der Waals surface area (Å²) in [5, 5.41) is 11.9. The summed E-state index contributed by atoms with van der Waals surface area (Å²) < 4.78 is 14.5. The van der Waals surface area contributed by atoms with Crippen LogP contribution in [0, 0.1) is 0 Å². The number of para-hydroxylation sites is 1. The van der Waals surface area contributed by atoms with Crippen molar-refractivity contribution in [1.82, 2.24) is 14.8 Å². The van der Waals surface area contributed by atoms with Gasteiger partial charge in [0.15, 0.2) is 0 Å². The van der Waals surface area contributed by atoms with E-state index in [0.29, 0.717) is 29.5 Å². The molecule has 0 aliphatic heterocycles. The molecule has 1 N–H and O–H groups in total. The quantitative estimate of drug-likeness (QED) is 0.572. The Morgan fingerprint density at radius 1 is 1.14 bits per heavy atom. The van der Waals surface area contributed by atoms with Gasteiger partial charge in [-0.1, -0.05) is 48.0 Å². The fourth-order valence-corrected chi connectivity index (χ4v) is 3.74. The van der Waals surface area contributed by atoms with Crippen LogP contribution in [0.5, 0.6) is 0 Å². The summed E-state index contributed by atoms with van der Waals surface area (Å²) in [6.07, 6.45) is 2.19. The highest BCUT2D eigenvalue weighted by atomic mass is 35.5. The maximum atomic E-state index is 12.7. The molecule has 1 aromatic heterocycles. The van der Waals surface area contributed by atoms with Crippen molar-refractivity contribution in [3.05, 3.63) is 83.7 Å². The first-order chi connectivity index (χ1) is 13.6. The number of hydrogen-bond acceptors (Lipinski definition) is 4. The van der Waals surface area contributed by atoms with Crippen LogP contribution >= 0.6 is 11.6 Å². The van der Waals surface area contributed by atoms with E-state index in [-0.39, 0.29) is 16.8 Å². The van der Waals surface area contributed by atoms with Crippen LogP contribution in [0.25, 0.3) is 0 Å². The van der Waals surface area contributed by atoms with Gasteiger partial charge in [-0.05, 0) is 29.8 Å². The average molecular weight is 415 g/mol. The van der Waals surface area contributed by atoms with Gasteiger partial charge < -0.3 is 5.32 Å². The smallest absolute Gasteiger partial charge is 0.237 e. The maximum absolute atomic E-state index is 12.7. The maximum Gasteiger partial charge on any atom is 0.237 e. The lowest BCUT2D eigenvalue weighted by molar-refractivity contribution is -0.113. The number of nitrogens with zero attached hydrogens (tertiary/aromatic N) is 3. The van der Waals surface area contributed by atoms with E-state index in [1.54, 1.807) is 34.9 Å². The number of halogens is 1. The largest absolute Gasteiger partial charge is 0.325 e. The lowest BCUT2D eigenvalue weighted by Crippen LogP contribution is -2.21. The van der Waals surface area contributed by atoms with E-state index in [1.165, 1.54) is 0 Å². The number of anilines is 1. The van der Waals surface area contributed by atoms with Gasteiger partial charge >= 0.3 is 0 Å². The van der Waals surface area contributed by atoms with Gasteiger partial charge in [-0.15, -0.1) is 16.8 Å². The van der Waals surface area contributed by atoms with E-state index >= 15 is 0 Å². The molecule has 3 rings (SSSR count). The number of hydrogen-bond donors (Lipinski definition) is 1. The minimum atomic E-state index is -1.63. The SMILES string of the molecule is C=CCn1c(Cc2ccc(Cl)cc2)nnc1S(=O)CC(=O)Nc1ccccc1. The van der Waals surface area contributed by atoms with Crippen LogP contribution in [0.1, 0.15) is 11.4 Å². The molecule has 0 spiro atoms. The molecule has 0 aliphatic rings. The van der Waals surface area contributed by atoms with Crippen LogP contribution in [-0.4, -0.2) is 30.6 Å². The van der Waals surface area contributed by atoms with Gasteiger partial charge in [-0.25, -0.2) is 0 Å². The molecule has 8 heteroatoms. The molecule has 0 saturated heterocycles. The van der Waals surface area contributed by atoms with Gasteiger partial charge in [-0.3, -0.25) is 13.6 Å². The van der Waals surface area contributed by atoms with Gasteiger partial charge in [0.2, 0.25) is 11.1 Å². The molecule has 0 saturated carbocycles. The van der Waals surface area contributed by atoms with E-state index in [2.05, 4.69) is 22.1 Å². The third-order valence-electron chi connectivity index (χ3n) is 3.90. The van der Waals surface area contributed by atoms with Crippen LogP contribution in [0.15, 0.2) is 72.4 Å². The zero-order chi connectivity index (χ0) is 19.9. The van der Waals surface area contributed by atoms with E-state index in [0.717, 1.165) is 5.56 Å². The molecule has 1 amide bonds. The van der Waals surface area contributed by atoms with Crippen molar-refractivity contribution in [2.24, 2.45) is 0 Å². The van der Waals surface area contributed by atoms with E-state index in [1.807, 2.05) is 30.3 Å². The first-order valence-electron chi connectivity index (χ1n) is 8.57. The predicted molar refractivity (Wildman–Crippen MR) is 111 cm³/mol. The molecule has 0 radical (unpaired) electrons. The van der Waals surface area contributed by atoms with Crippen molar-refractivity contribution < 1.29 is 9.00 Å². The minimum Gasteiger partial charge on any atom is -0.325 e. The molecule has 6 nitrogen and oxygen atoms in total. The molecule has 3 aromatic rings. The second-order valence-electron chi connectivity index (χ2n) is 6.01. The molecule has 0 aliphatic carbocycles. The van der Waals surface area contributed by atoms with E-state index in [9.17, 15) is 9.00 Å². The van der Waals surface area contributed by atoms with Crippen molar-refractivity contribution in [3.8, 4) is 0 Å². The molecular formula is C20H19ClN4O2S. The third kappa shape index (κ3) is 5.15. The molecular weight excluding hydrogens is 396 g/mol. The Kier molecular flexibility index (Phi) is 6.73. The van der Waals surface area contributed by atoms with Gasteiger partial charge in [0, 0.05) is 23.7 Å². The topological polar surface area (TPSA) is 76.9 Å². The van der Waals surface area contributed by atoms with Crippen molar-refractivity contribution in [2.45, 2.75) is 18.1 Å². The number of amides is 1.